The normalized spacial score (nSPS) is 17.9. The summed E-state index contributed by atoms with van der Waals surface area (Å²) in [7, 11) is 1.85. The zero-order valence-corrected chi connectivity index (χ0v) is 18.0. The number of thiophene rings is 1. The highest BCUT2D eigenvalue weighted by Gasteiger charge is 2.33. The minimum absolute atomic E-state index is 0.00257. The number of rotatable bonds is 6. The van der Waals surface area contributed by atoms with Crippen LogP contribution in [-0.4, -0.2) is 36.4 Å². The van der Waals surface area contributed by atoms with Gasteiger partial charge >= 0.3 is 0 Å². The van der Waals surface area contributed by atoms with E-state index in [1.807, 2.05) is 24.6 Å². The van der Waals surface area contributed by atoms with E-state index in [0.29, 0.717) is 23.8 Å². The van der Waals surface area contributed by atoms with Gasteiger partial charge in [0.2, 0.25) is 11.9 Å². The van der Waals surface area contributed by atoms with Crippen LogP contribution < -0.4 is 15.7 Å². The molecule has 0 saturated heterocycles. The maximum atomic E-state index is 12.2. The number of amides is 1. The third-order valence-corrected chi connectivity index (χ3v) is 7.04. The standard InChI is InChI=1S/C20H23N7O3S/c1-10-7-15(26(2)25-10)22-20-24-21-9-27(20)12-5-6-14-13(8-12)16(19(29)30)18(31-14)23-17(28)11-3-4-11/h7,9,11-12H,3-6,8H2,1-2H3,(H,22,24)(H,23,28)(H,29,30)/p-1. The quantitative estimate of drug-likeness (QED) is 0.595. The van der Waals surface area contributed by atoms with E-state index in [-0.39, 0.29) is 23.4 Å². The van der Waals surface area contributed by atoms with Gasteiger partial charge in [-0.15, -0.1) is 21.5 Å². The number of hydrogen-bond acceptors (Lipinski definition) is 8. The fourth-order valence-electron chi connectivity index (χ4n) is 4.11. The molecule has 2 aliphatic rings. The molecule has 0 spiro atoms. The molecule has 1 amide bonds. The lowest BCUT2D eigenvalue weighted by Gasteiger charge is -2.25. The summed E-state index contributed by atoms with van der Waals surface area (Å²) in [5, 5.41) is 31.0. The Bertz CT molecular complexity index is 1170. The summed E-state index contributed by atoms with van der Waals surface area (Å²) in [6.45, 7) is 1.91. The van der Waals surface area contributed by atoms with Gasteiger partial charge in [-0.2, -0.15) is 5.10 Å². The molecule has 3 heterocycles. The molecule has 2 aliphatic carbocycles. The molecule has 1 saturated carbocycles. The van der Waals surface area contributed by atoms with Crippen molar-refractivity contribution in [3.8, 4) is 0 Å². The molecule has 10 nitrogen and oxygen atoms in total. The molecule has 0 aliphatic heterocycles. The van der Waals surface area contributed by atoms with E-state index in [9.17, 15) is 14.7 Å². The molecule has 11 heteroatoms. The summed E-state index contributed by atoms with van der Waals surface area (Å²) in [6, 6.07) is 1.90. The number of nitrogens with one attached hydrogen (secondary N) is 2. The highest BCUT2D eigenvalue weighted by atomic mass is 32.1. The zero-order chi connectivity index (χ0) is 21.7. The first-order valence-corrected chi connectivity index (χ1v) is 11.1. The topological polar surface area (TPSA) is 130 Å². The number of nitrogens with zero attached hydrogens (tertiary/aromatic N) is 5. The Morgan fingerprint density at radius 2 is 2.10 bits per heavy atom. The first-order chi connectivity index (χ1) is 14.9. The Labute approximate surface area is 182 Å². The molecule has 2 N–H and O–H groups in total. The fraction of sp³-hybridized carbons (Fsp3) is 0.450. The first-order valence-electron chi connectivity index (χ1n) is 10.2. The van der Waals surface area contributed by atoms with Crippen molar-refractivity contribution in [1.29, 1.82) is 0 Å². The van der Waals surface area contributed by atoms with Crippen molar-refractivity contribution in [2.75, 3.05) is 10.6 Å². The molecule has 5 rings (SSSR count). The maximum absolute atomic E-state index is 12.2. The van der Waals surface area contributed by atoms with Gasteiger partial charge in [-0.25, -0.2) is 0 Å². The Kier molecular flexibility index (Phi) is 4.77. The largest absolute Gasteiger partial charge is 0.545 e. The van der Waals surface area contributed by atoms with Crippen LogP contribution in [-0.2, 0) is 24.7 Å². The smallest absolute Gasteiger partial charge is 0.230 e. The van der Waals surface area contributed by atoms with E-state index in [1.165, 1.54) is 11.3 Å². The van der Waals surface area contributed by atoms with Gasteiger partial charge in [0, 0.05) is 35.5 Å². The van der Waals surface area contributed by atoms with Gasteiger partial charge < -0.3 is 20.5 Å². The zero-order valence-electron chi connectivity index (χ0n) is 17.2. The molecule has 0 bridgehead atoms. The van der Waals surface area contributed by atoms with Crippen LogP contribution in [0.2, 0.25) is 0 Å². The van der Waals surface area contributed by atoms with Crippen LogP contribution in [0, 0.1) is 12.8 Å². The molecule has 3 aromatic rings. The van der Waals surface area contributed by atoms with E-state index < -0.39 is 5.97 Å². The van der Waals surface area contributed by atoms with Crippen LogP contribution in [0.15, 0.2) is 12.4 Å². The van der Waals surface area contributed by atoms with Crippen molar-refractivity contribution < 1.29 is 14.7 Å². The van der Waals surface area contributed by atoms with Crippen LogP contribution in [0.1, 0.15) is 51.8 Å². The highest BCUT2D eigenvalue weighted by molar-refractivity contribution is 7.17. The molecule has 0 aromatic carbocycles. The second-order valence-electron chi connectivity index (χ2n) is 8.14. The number of carboxylic acid groups (broad SMARTS) is 1. The molecule has 162 valence electrons. The van der Waals surface area contributed by atoms with Crippen LogP contribution >= 0.6 is 11.3 Å². The van der Waals surface area contributed by atoms with Crippen molar-refractivity contribution in [2.24, 2.45) is 13.0 Å². The molecule has 0 radical (unpaired) electrons. The van der Waals surface area contributed by atoms with Gasteiger partial charge in [0.15, 0.2) is 0 Å². The predicted molar refractivity (Wildman–Crippen MR) is 112 cm³/mol. The molecule has 1 unspecified atom stereocenters. The van der Waals surface area contributed by atoms with Crippen LogP contribution in [0.25, 0.3) is 0 Å². The number of carbonyl (C=O) groups is 2. The molecule has 1 fully saturated rings. The highest BCUT2D eigenvalue weighted by Crippen LogP contribution is 2.42. The second-order valence-corrected chi connectivity index (χ2v) is 9.24. The molecule has 3 aromatic heterocycles. The van der Waals surface area contributed by atoms with Gasteiger partial charge in [0.25, 0.3) is 0 Å². The SMILES string of the molecule is Cc1cc(Nc2nncn2C2CCc3sc(NC(=O)C4CC4)c(C(=O)[O-])c3C2)n(C)n1. The van der Waals surface area contributed by atoms with Gasteiger partial charge in [0.1, 0.15) is 17.1 Å². The Morgan fingerprint density at radius 1 is 1.29 bits per heavy atom. The van der Waals surface area contributed by atoms with Crippen molar-refractivity contribution in [3.63, 3.8) is 0 Å². The summed E-state index contributed by atoms with van der Waals surface area (Å²) < 4.78 is 3.67. The number of aromatic nitrogens is 5. The van der Waals surface area contributed by atoms with E-state index in [4.69, 9.17) is 0 Å². The number of aromatic carboxylic acids is 1. The molecule has 31 heavy (non-hydrogen) atoms. The van der Waals surface area contributed by atoms with Gasteiger partial charge in [0.05, 0.1) is 11.7 Å². The second kappa shape index (κ2) is 7.49. The Balaban J connectivity index is 1.41. The lowest BCUT2D eigenvalue weighted by atomic mass is 9.91. The van der Waals surface area contributed by atoms with Crippen molar-refractivity contribution in [2.45, 2.75) is 45.1 Å². The fourth-order valence-corrected chi connectivity index (χ4v) is 5.34. The number of hydrogen-bond donors (Lipinski definition) is 2. The molecular formula is C20H22N7O3S-. The Morgan fingerprint density at radius 3 is 2.77 bits per heavy atom. The third kappa shape index (κ3) is 3.69. The number of aryl methyl sites for hydroxylation is 3. The average molecular weight is 441 g/mol. The molecule has 1 atom stereocenters. The summed E-state index contributed by atoms with van der Waals surface area (Å²) in [5.41, 5.74) is 1.74. The number of carboxylic acids is 1. The lowest BCUT2D eigenvalue weighted by Crippen LogP contribution is -2.27. The van der Waals surface area contributed by atoms with Gasteiger partial charge in [-0.05, 0) is 44.6 Å². The first kappa shape index (κ1) is 19.7. The van der Waals surface area contributed by atoms with E-state index in [2.05, 4.69) is 25.9 Å². The van der Waals surface area contributed by atoms with Crippen molar-refractivity contribution in [1.82, 2.24) is 24.5 Å². The van der Waals surface area contributed by atoms with Crippen LogP contribution in [0.4, 0.5) is 16.8 Å². The molecular weight excluding hydrogens is 418 g/mol. The predicted octanol–water partition coefficient (Wildman–Crippen LogP) is 1.57. The number of anilines is 3. The average Bonchev–Trinajstić information content (AvgIpc) is 3.25. The number of carbonyl (C=O) groups excluding carboxylic acids is 2. The van der Waals surface area contributed by atoms with Crippen LogP contribution in [0.5, 0.6) is 0 Å². The summed E-state index contributed by atoms with van der Waals surface area (Å²) in [6.07, 6.45) is 5.41. The van der Waals surface area contributed by atoms with Crippen molar-refractivity contribution in [3.05, 3.63) is 34.1 Å². The third-order valence-electron chi connectivity index (χ3n) is 5.83. The van der Waals surface area contributed by atoms with Crippen LogP contribution in [0.3, 0.4) is 0 Å². The minimum Gasteiger partial charge on any atom is -0.545 e. The van der Waals surface area contributed by atoms with E-state index in [0.717, 1.165) is 41.2 Å². The summed E-state index contributed by atoms with van der Waals surface area (Å²) in [4.78, 5) is 25.2. The monoisotopic (exact) mass is 440 g/mol. The van der Waals surface area contributed by atoms with Gasteiger partial charge in [-0.3, -0.25) is 14.0 Å². The summed E-state index contributed by atoms with van der Waals surface area (Å²) in [5.74, 6) is 0.0112. The Hall–Kier alpha value is -3.21. The lowest BCUT2D eigenvalue weighted by molar-refractivity contribution is -0.255. The maximum Gasteiger partial charge on any atom is 0.230 e. The van der Waals surface area contributed by atoms with Crippen molar-refractivity contribution >= 4 is 40.0 Å². The number of fused-ring (bicyclic) bond motifs is 1. The van der Waals surface area contributed by atoms with Gasteiger partial charge in [-0.1, -0.05) is 0 Å². The summed E-state index contributed by atoms with van der Waals surface area (Å²) >= 11 is 1.35. The van der Waals surface area contributed by atoms with E-state index >= 15 is 0 Å². The minimum atomic E-state index is -1.25. The van der Waals surface area contributed by atoms with E-state index in [1.54, 1.807) is 11.0 Å².